The van der Waals surface area contributed by atoms with E-state index in [4.69, 9.17) is 0 Å². The van der Waals surface area contributed by atoms with Gasteiger partial charge in [0.2, 0.25) is 0 Å². The highest BCUT2D eigenvalue weighted by molar-refractivity contribution is 7.99. The number of hydrogen-bond acceptors (Lipinski definition) is 3. The molecule has 0 amide bonds. The van der Waals surface area contributed by atoms with Gasteiger partial charge in [-0.2, -0.15) is 0 Å². The van der Waals surface area contributed by atoms with Gasteiger partial charge >= 0.3 is 0 Å². The molecule has 3 nitrogen and oxygen atoms in total. The predicted molar refractivity (Wildman–Crippen MR) is 74.9 cm³/mol. The average molecular weight is 259 g/mol. The molecule has 0 aliphatic carbocycles. The summed E-state index contributed by atoms with van der Waals surface area (Å²) in [4.78, 5) is 5.91. The van der Waals surface area contributed by atoms with Crippen molar-refractivity contribution in [3.05, 3.63) is 48.0 Å². The molecule has 0 saturated carbocycles. The van der Waals surface area contributed by atoms with E-state index in [1.54, 1.807) is 0 Å². The number of nitrogens with zero attached hydrogens (tertiary/aromatic N) is 2. The van der Waals surface area contributed by atoms with Crippen molar-refractivity contribution in [2.45, 2.75) is 16.9 Å². The minimum atomic E-state index is 0.279. The summed E-state index contributed by atoms with van der Waals surface area (Å²) in [5.74, 6) is 2.73. The van der Waals surface area contributed by atoms with Gasteiger partial charge in [-0.3, -0.25) is 0 Å². The first-order chi connectivity index (χ1) is 8.81. The molecule has 1 aliphatic heterocycles. The minimum absolute atomic E-state index is 0.279. The van der Waals surface area contributed by atoms with E-state index < -0.39 is 0 Å². The van der Waals surface area contributed by atoms with Gasteiger partial charge in [0, 0.05) is 36.0 Å². The lowest BCUT2D eigenvalue weighted by atomic mass is 9.93. The van der Waals surface area contributed by atoms with Gasteiger partial charge < -0.3 is 9.88 Å². The molecule has 18 heavy (non-hydrogen) atoms. The second kappa shape index (κ2) is 4.78. The summed E-state index contributed by atoms with van der Waals surface area (Å²) < 4.78 is 2.10. The number of nitrogens with one attached hydrogen (secondary N) is 1. The number of hydrogen-bond donors (Lipinski definition) is 1. The molecule has 2 atom stereocenters. The van der Waals surface area contributed by atoms with Crippen LogP contribution in [0.3, 0.4) is 0 Å². The van der Waals surface area contributed by atoms with Crippen LogP contribution in [0.25, 0.3) is 0 Å². The van der Waals surface area contributed by atoms with Gasteiger partial charge in [0.15, 0.2) is 0 Å². The standard InChI is InChI=1S/C14H17N3S/c1-15-13(14-16-7-8-17(14)2)11-9-18-12-6-4-3-5-10(11)12/h3-8,11,13,15H,9H2,1-2H3. The third kappa shape index (κ3) is 1.85. The molecule has 0 fully saturated rings. The number of imidazole rings is 1. The van der Waals surface area contributed by atoms with Crippen LogP contribution in [0.5, 0.6) is 0 Å². The molecule has 3 rings (SSSR count). The lowest BCUT2D eigenvalue weighted by Gasteiger charge is -2.23. The smallest absolute Gasteiger partial charge is 0.126 e. The molecule has 1 N–H and O–H groups in total. The fraction of sp³-hybridized carbons (Fsp3) is 0.357. The number of benzene rings is 1. The molecule has 0 saturated heterocycles. The predicted octanol–water partition coefficient (Wildman–Crippen LogP) is 2.57. The zero-order valence-electron chi connectivity index (χ0n) is 10.6. The molecule has 0 radical (unpaired) electrons. The number of rotatable bonds is 3. The van der Waals surface area contributed by atoms with Crippen molar-refractivity contribution < 1.29 is 0 Å². The van der Waals surface area contributed by atoms with Crippen LogP contribution >= 0.6 is 11.8 Å². The Hall–Kier alpha value is -1.26. The highest BCUT2D eigenvalue weighted by Crippen LogP contribution is 2.44. The summed E-state index contributed by atoms with van der Waals surface area (Å²) in [6.45, 7) is 0. The Kier molecular flexibility index (Phi) is 3.14. The summed E-state index contributed by atoms with van der Waals surface area (Å²) in [6, 6.07) is 8.98. The van der Waals surface area contributed by atoms with Crippen molar-refractivity contribution in [3.63, 3.8) is 0 Å². The maximum atomic E-state index is 4.50. The lowest BCUT2D eigenvalue weighted by molar-refractivity contribution is 0.475. The molecule has 2 unspecified atom stereocenters. The van der Waals surface area contributed by atoms with Crippen molar-refractivity contribution in [3.8, 4) is 0 Å². The van der Waals surface area contributed by atoms with E-state index >= 15 is 0 Å². The summed E-state index contributed by atoms with van der Waals surface area (Å²) in [5.41, 5.74) is 1.45. The average Bonchev–Trinajstić information content (AvgIpc) is 2.99. The van der Waals surface area contributed by atoms with Crippen LogP contribution < -0.4 is 5.32 Å². The second-order valence-corrected chi connectivity index (χ2v) is 5.68. The highest BCUT2D eigenvalue weighted by atomic mass is 32.2. The Morgan fingerprint density at radius 1 is 1.44 bits per heavy atom. The van der Waals surface area contributed by atoms with Crippen molar-refractivity contribution in [1.29, 1.82) is 0 Å². The molecular weight excluding hydrogens is 242 g/mol. The molecule has 0 bridgehead atoms. The molecular formula is C14H17N3S. The molecule has 0 spiro atoms. The third-order valence-corrected chi connectivity index (χ3v) is 4.80. The topological polar surface area (TPSA) is 29.9 Å². The van der Waals surface area contributed by atoms with Gasteiger partial charge in [-0.1, -0.05) is 18.2 Å². The Morgan fingerprint density at radius 3 is 3.00 bits per heavy atom. The summed E-state index contributed by atoms with van der Waals surface area (Å²) in [7, 11) is 4.08. The Morgan fingerprint density at radius 2 is 2.28 bits per heavy atom. The maximum Gasteiger partial charge on any atom is 0.126 e. The van der Waals surface area contributed by atoms with E-state index in [1.165, 1.54) is 10.5 Å². The molecule has 1 aliphatic rings. The number of likely N-dealkylation sites (N-methyl/N-ethyl adjacent to an activating group) is 1. The van der Waals surface area contributed by atoms with Crippen LogP contribution in [-0.2, 0) is 7.05 Å². The van der Waals surface area contributed by atoms with Crippen molar-refractivity contribution in [2.75, 3.05) is 12.8 Å². The fourth-order valence-corrected chi connectivity index (χ4v) is 3.94. The zero-order chi connectivity index (χ0) is 12.5. The molecule has 2 heterocycles. The van der Waals surface area contributed by atoms with Gasteiger partial charge in [0.05, 0.1) is 6.04 Å². The van der Waals surface area contributed by atoms with E-state index in [0.29, 0.717) is 5.92 Å². The third-order valence-electron chi connectivity index (χ3n) is 3.59. The maximum absolute atomic E-state index is 4.50. The summed E-state index contributed by atoms with van der Waals surface area (Å²) in [5, 5.41) is 3.43. The Bertz CT molecular complexity index is 549. The first kappa shape index (κ1) is 11.8. The van der Waals surface area contributed by atoms with Gasteiger partial charge in [-0.05, 0) is 18.7 Å². The van der Waals surface area contributed by atoms with Gasteiger partial charge in [0.1, 0.15) is 5.82 Å². The number of thioether (sulfide) groups is 1. The van der Waals surface area contributed by atoms with E-state index in [1.807, 2.05) is 31.2 Å². The summed E-state index contributed by atoms with van der Waals surface area (Å²) >= 11 is 1.95. The fourth-order valence-electron chi connectivity index (χ4n) is 2.65. The number of fused-ring (bicyclic) bond motifs is 1. The van der Waals surface area contributed by atoms with Crippen LogP contribution in [0.4, 0.5) is 0 Å². The summed E-state index contributed by atoms with van der Waals surface area (Å²) in [6.07, 6.45) is 3.88. The largest absolute Gasteiger partial charge is 0.337 e. The van der Waals surface area contributed by atoms with E-state index in [-0.39, 0.29) is 6.04 Å². The molecule has 1 aromatic heterocycles. The van der Waals surface area contributed by atoms with Crippen LogP contribution in [0, 0.1) is 0 Å². The number of aryl methyl sites for hydroxylation is 1. The molecule has 4 heteroatoms. The van der Waals surface area contributed by atoms with Crippen LogP contribution in [0.15, 0.2) is 41.6 Å². The van der Waals surface area contributed by atoms with Gasteiger partial charge in [-0.25, -0.2) is 4.98 Å². The van der Waals surface area contributed by atoms with Crippen LogP contribution in [-0.4, -0.2) is 22.4 Å². The highest BCUT2D eigenvalue weighted by Gasteiger charge is 2.32. The SMILES string of the molecule is CNC(c1nccn1C)C1CSc2ccccc21. The molecule has 94 valence electrons. The van der Waals surface area contributed by atoms with E-state index in [2.05, 4.69) is 46.2 Å². The van der Waals surface area contributed by atoms with Crippen LogP contribution in [0.1, 0.15) is 23.3 Å². The number of aromatic nitrogens is 2. The van der Waals surface area contributed by atoms with Crippen LogP contribution in [0.2, 0.25) is 0 Å². The van der Waals surface area contributed by atoms with Crippen molar-refractivity contribution in [1.82, 2.24) is 14.9 Å². The lowest BCUT2D eigenvalue weighted by Crippen LogP contribution is -2.26. The van der Waals surface area contributed by atoms with Gasteiger partial charge in [-0.15, -0.1) is 11.8 Å². The Balaban J connectivity index is 1.98. The molecule has 2 aromatic rings. The van der Waals surface area contributed by atoms with E-state index in [0.717, 1.165) is 11.6 Å². The van der Waals surface area contributed by atoms with Gasteiger partial charge in [0.25, 0.3) is 0 Å². The van der Waals surface area contributed by atoms with Crippen molar-refractivity contribution in [2.24, 2.45) is 7.05 Å². The quantitative estimate of drug-likeness (QED) is 0.919. The first-order valence-electron chi connectivity index (χ1n) is 6.17. The molecule has 1 aromatic carbocycles. The first-order valence-corrected chi connectivity index (χ1v) is 7.16. The normalized spacial score (nSPS) is 19.8. The van der Waals surface area contributed by atoms with E-state index in [9.17, 15) is 0 Å². The second-order valence-electron chi connectivity index (χ2n) is 4.62. The zero-order valence-corrected chi connectivity index (χ0v) is 11.4. The monoisotopic (exact) mass is 259 g/mol. The van der Waals surface area contributed by atoms with Crippen molar-refractivity contribution >= 4 is 11.8 Å². The Labute approximate surface area is 112 Å². The minimum Gasteiger partial charge on any atom is -0.337 e.